The summed E-state index contributed by atoms with van der Waals surface area (Å²) in [5.74, 6) is -1.64. The van der Waals surface area contributed by atoms with E-state index in [-0.39, 0.29) is 28.2 Å². The lowest BCUT2D eigenvalue weighted by Gasteiger charge is -2.18. The lowest BCUT2D eigenvalue weighted by atomic mass is 10.1. The Balaban J connectivity index is 1.51. The van der Waals surface area contributed by atoms with Crippen LogP contribution in [0.3, 0.4) is 0 Å². The van der Waals surface area contributed by atoms with Gasteiger partial charge in [0.1, 0.15) is 28.9 Å². The van der Waals surface area contributed by atoms with Crippen molar-refractivity contribution in [3.8, 4) is 0 Å². The molecule has 0 radical (unpaired) electrons. The van der Waals surface area contributed by atoms with Crippen LogP contribution < -0.4 is 10.9 Å². The van der Waals surface area contributed by atoms with Gasteiger partial charge in [-0.2, -0.15) is 0 Å². The van der Waals surface area contributed by atoms with Crippen LogP contribution in [0.4, 0.5) is 4.39 Å². The minimum absolute atomic E-state index is 0.000632. The number of esters is 1. The Bertz CT molecular complexity index is 1340. The lowest BCUT2D eigenvalue weighted by molar-refractivity contribution is -0.124. The van der Waals surface area contributed by atoms with Crippen LogP contribution in [0.25, 0.3) is 11.1 Å². The number of nitrogens with one attached hydrogen (secondary N) is 1. The topological polar surface area (TPSA) is 103 Å². The van der Waals surface area contributed by atoms with Gasteiger partial charge in [-0.05, 0) is 36.1 Å². The molecule has 1 atom stereocenters. The van der Waals surface area contributed by atoms with E-state index < -0.39 is 30.1 Å². The van der Waals surface area contributed by atoms with Gasteiger partial charge in [-0.25, -0.2) is 14.2 Å². The fourth-order valence-electron chi connectivity index (χ4n) is 3.27. The van der Waals surface area contributed by atoms with E-state index in [1.807, 2.05) is 17.5 Å². The molecule has 0 fully saturated rings. The molecular formula is C22H18FN3O5S. The fourth-order valence-corrected chi connectivity index (χ4v) is 4.07. The van der Waals surface area contributed by atoms with Gasteiger partial charge in [0, 0.05) is 11.9 Å². The summed E-state index contributed by atoms with van der Waals surface area (Å²) in [5.41, 5.74) is 0.183. The Morgan fingerprint density at radius 3 is 2.72 bits per heavy atom. The van der Waals surface area contributed by atoms with Crippen molar-refractivity contribution in [3.63, 3.8) is 0 Å². The lowest BCUT2D eigenvalue weighted by Crippen LogP contribution is -2.33. The number of rotatable bonds is 6. The molecule has 0 spiro atoms. The molecule has 1 aromatic carbocycles. The third-order valence-electron chi connectivity index (χ3n) is 4.82. The smallest absolute Gasteiger partial charge is 0.343 e. The highest BCUT2D eigenvalue weighted by Crippen LogP contribution is 2.26. The minimum Gasteiger partial charge on any atom is -0.452 e. The quantitative estimate of drug-likeness (QED) is 0.448. The van der Waals surface area contributed by atoms with Crippen LogP contribution in [0.5, 0.6) is 0 Å². The molecule has 4 rings (SSSR count). The molecule has 0 aliphatic heterocycles. The molecule has 32 heavy (non-hydrogen) atoms. The summed E-state index contributed by atoms with van der Waals surface area (Å²) in [6.45, 7) is 0.938. The normalized spacial score (nSPS) is 12.0. The third kappa shape index (κ3) is 4.17. The van der Waals surface area contributed by atoms with E-state index in [9.17, 15) is 18.8 Å². The number of halogens is 1. The molecule has 10 heteroatoms. The first-order chi connectivity index (χ1) is 15.3. The second-order valence-corrected chi connectivity index (χ2v) is 8.00. The van der Waals surface area contributed by atoms with E-state index in [1.165, 1.54) is 48.3 Å². The van der Waals surface area contributed by atoms with E-state index in [0.717, 1.165) is 4.88 Å². The largest absolute Gasteiger partial charge is 0.452 e. The van der Waals surface area contributed by atoms with Crippen LogP contribution in [0, 0.1) is 12.7 Å². The van der Waals surface area contributed by atoms with Crippen molar-refractivity contribution in [1.82, 2.24) is 14.9 Å². The van der Waals surface area contributed by atoms with E-state index in [0.29, 0.717) is 5.56 Å². The Morgan fingerprint density at radius 2 is 2.03 bits per heavy atom. The van der Waals surface area contributed by atoms with Gasteiger partial charge in [0.25, 0.3) is 11.5 Å². The third-order valence-corrected chi connectivity index (χ3v) is 5.76. The molecule has 164 valence electrons. The summed E-state index contributed by atoms with van der Waals surface area (Å²) < 4.78 is 25.1. The molecule has 8 nitrogen and oxygen atoms in total. The van der Waals surface area contributed by atoms with Crippen molar-refractivity contribution in [2.45, 2.75) is 13.0 Å². The zero-order valence-corrected chi connectivity index (χ0v) is 17.9. The summed E-state index contributed by atoms with van der Waals surface area (Å²) >= 11 is 1.43. The molecule has 4 aromatic rings. The number of nitrogens with zero attached hydrogens (tertiary/aromatic N) is 2. The van der Waals surface area contributed by atoms with Crippen molar-refractivity contribution >= 4 is 34.3 Å². The summed E-state index contributed by atoms with van der Waals surface area (Å²) in [4.78, 5) is 42.5. The first kappa shape index (κ1) is 21.4. The first-order valence-corrected chi connectivity index (χ1v) is 10.4. The average molecular weight is 455 g/mol. The van der Waals surface area contributed by atoms with E-state index in [2.05, 4.69) is 10.3 Å². The van der Waals surface area contributed by atoms with Gasteiger partial charge >= 0.3 is 5.97 Å². The van der Waals surface area contributed by atoms with Gasteiger partial charge in [-0.15, -0.1) is 11.3 Å². The van der Waals surface area contributed by atoms with Crippen LogP contribution >= 0.6 is 11.3 Å². The second-order valence-electron chi connectivity index (χ2n) is 7.02. The van der Waals surface area contributed by atoms with E-state index >= 15 is 0 Å². The number of ether oxygens (including phenoxy) is 1. The van der Waals surface area contributed by atoms with Gasteiger partial charge in [-0.3, -0.25) is 9.59 Å². The number of hydrogen-bond donors (Lipinski definition) is 1. The number of benzene rings is 1. The number of aromatic nitrogens is 2. The fraction of sp³-hybridized carbons (Fsp3) is 0.182. The van der Waals surface area contributed by atoms with Gasteiger partial charge in [-0.1, -0.05) is 18.2 Å². The van der Waals surface area contributed by atoms with Gasteiger partial charge in [0.15, 0.2) is 6.61 Å². The van der Waals surface area contributed by atoms with Crippen LogP contribution in [0.15, 0.2) is 57.3 Å². The van der Waals surface area contributed by atoms with Crippen molar-refractivity contribution < 1.29 is 23.1 Å². The maximum atomic E-state index is 13.3. The van der Waals surface area contributed by atoms with E-state index in [4.69, 9.17) is 9.15 Å². The molecule has 0 aliphatic carbocycles. The van der Waals surface area contributed by atoms with Crippen LogP contribution in [-0.4, -0.2) is 28.0 Å². The number of hydrogen-bond acceptors (Lipinski definition) is 7. The van der Waals surface area contributed by atoms with Crippen LogP contribution in [-0.2, 0) is 16.6 Å². The zero-order valence-electron chi connectivity index (χ0n) is 17.1. The average Bonchev–Trinajstić information content (AvgIpc) is 3.42. The second kappa shape index (κ2) is 8.75. The Labute approximate surface area is 185 Å². The molecule has 0 bridgehead atoms. The Kier molecular flexibility index (Phi) is 5.87. The summed E-state index contributed by atoms with van der Waals surface area (Å²) in [6.07, 6.45) is 1.29. The number of fused-ring (bicyclic) bond motifs is 1. The standard InChI is InChI=1S/C22H18FN3O5S/c1-12-17(18-20(31-12)24-11-26(2)21(18)28)22(29)30-10-16(27)25-19(15-4-3-9-32-15)13-5-7-14(23)8-6-13/h3-9,11,19H,10H2,1-2H3,(H,25,27). The van der Waals surface area contributed by atoms with Gasteiger partial charge in [0.2, 0.25) is 5.71 Å². The Hall–Kier alpha value is -3.79. The number of thiophene rings is 1. The molecule has 1 amide bonds. The molecule has 0 aliphatic rings. The number of furan rings is 1. The molecule has 1 N–H and O–H groups in total. The van der Waals surface area contributed by atoms with Crippen molar-refractivity contribution in [2.75, 3.05) is 6.61 Å². The summed E-state index contributed by atoms with van der Waals surface area (Å²) in [6, 6.07) is 8.92. The summed E-state index contributed by atoms with van der Waals surface area (Å²) in [5, 5.41) is 4.66. The SMILES string of the molecule is Cc1oc2ncn(C)c(=O)c2c1C(=O)OCC(=O)NC(c1ccc(F)cc1)c1cccs1. The monoisotopic (exact) mass is 455 g/mol. The molecule has 3 heterocycles. The molecule has 0 saturated heterocycles. The minimum atomic E-state index is -0.865. The number of carbonyl (C=O) groups is 2. The maximum Gasteiger partial charge on any atom is 0.343 e. The highest BCUT2D eigenvalue weighted by Gasteiger charge is 2.25. The van der Waals surface area contributed by atoms with Crippen molar-refractivity contribution in [3.05, 3.63) is 86.0 Å². The van der Waals surface area contributed by atoms with Gasteiger partial charge in [0.05, 0.1) is 6.04 Å². The highest BCUT2D eigenvalue weighted by molar-refractivity contribution is 7.10. The van der Waals surface area contributed by atoms with Crippen LogP contribution in [0.2, 0.25) is 0 Å². The predicted octanol–water partition coefficient (Wildman–Crippen LogP) is 3.10. The van der Waals surface area contributed by atoms with Crippen molar-refractivity contribution in [2.24, 2.45) is 7.05 Å². The predicted molar refractivity (Wildman–Crippen MR) is 115 cm³/mol. The zero-order chi connectivity index (χ0) is 22.8. The Morgan fingerprint density at radius 1 is 1.28 bits per heavy atom. The molecule has 1 unspecified atom stereocenters. The number of aryl methyl sites for hydroxylation is 2. The molecule has 3 aromatic heterocycles. The maximum absolute atomic E-state index is 13.3. The molecule has 0 saturated carbocycles. The first-order valence-electron chi connectivity index (χ1n) is 9.55. The molecular weight excluding hydrogens is 437 g/mol. The summed E-state index contributed by atoms with van der Waals surface area (Å²) in [7, 11) is 1.50. The highest BCUT2D eigenvalue weighted by atomic mass is 32.1. The van der Waals surface area contributed by atoms with Crippen molar-refractivity contribution in [1.29, 1.82) is 0 Å². The van der Waals surface area contributed by atoms with Gasteiger partial charge < -0.3 is 19.0 Å². The number of carbonyl (C=O) groups excluding carboxylic acids is 2. The van der Waals surface area contributed by atoms with Crippen LogP contribution in [0.1, 0.15) is 32.6 Å². The van der Waals surface area contributed by atoms with E-state index in [1.54, 1.807) is 12.1 Å². The number of amides is 1.